The number of halogens is 1. The second-order valence-corrected chi connectivity index (χ2v) is 6.83. The summed E-state index contributed by atoms with van der Waals surface area (Å²) in [6.07, 6.45) is 3.44. The maximum atomic E-state index is 12.1. The van der Waals surface area contributed by atoms with Crippen LogP contribution in [0.15, 0.2) is 42.7 Å². The number of para-hydroxylation sites is 1. The van der Waals surface area contributed by atoms with Crippen LogP contribution < -0.4 is 15.4 Å². The number of anilines is 3. The molecule has 0 saturated carbocycles. The van der Waals surface area contributed by atoms with Crippen molar-refractivity contribution in [2.75, 3.05) is 16.6 Å². The number of rotatable bonds is 6. The molecule has 0 spiro atoms. The molecule has 1 amide bonds. The summed E-state index contributed by atoms with van der Waals surface area (Å²) >= 11 is 6.09. The van der Waals surface area contributed by atoms with Gasteiger partial charge in [0.05, 0.1) is 28.3 Å². The molecule has 2 rings (SSSR count). The fourth-order valence-corrected chi connectivity index (χ4v) is 2.83. The zero-order valence-corrected chi connectivity index (χ0v) is 14.5. The predicted octanol–water partition coefficient (Wildman–Crippen LogP) is 3.34. The second kappa shape index (κ2) is 7.98. The van der Waals surface area contributed by atoms with Crippen molar-refractivity contribution >= 4 is 43.9 Å². The second-order valence-electron chi connectivity index (χ2n) is 4.85. The largest absolute Gasteiger partial charge is 0.357 e. The van der Waals surface area contributed by atoms with Crippen molar-refractivity contribution < 1.29 is 13.2 Å². The summed E-state index contributed by atoms with van der Waals surface area (Å²) in [6.45, 7) is 2.10. The zero-order valence-electron chi connectivity index (χ0n) is 12.9. The van der Waals surface area contributed by atoms with E-state index in [0.717, 1.165) is 0 Å². The summed E-state index contributed by atoms with van der Waals surface area (Å²) < 4.78 is 26.4. The molecule has 0 aliphatic heterocycles. The number of carbonyl (C=O) groups is 1. The SMILES string of the molecule is CCCNC(=O)S(=O)(=O)Nc1cnccc1Nc1ccccc1Cl. The molecule has 1 aromatic heterocycles. The van der Waals surface area contributed by atoms with Gasteiger partial charge in [0, 0.05) is 12.7 Å². The Morgan fingerprint density at radius 2 is 1.92 bits per heavy atom. The molecule has 0 aliphatic rings. The lowest BCUT2D eigenvalue weighted by Gasteiger charge is -2.14. The van der Waals surface area contributed by atoms with Gasteiger partial charge in [0.1, 0.15) is 0 Å². The number of sulfonamides is 1. The van der Waals surface area contributed by atoms with E-state index in [2.05, 4.69) is 20.3 Å². The molecule has 0 saturated heterocycles. The Kier molecular flexibility index (Phi) is 5.99. The Morgan fingerprint density at radius 1 is 1.17 bits per heavy atom. The van der Waals surface area contributed by atoms with Crippen molar-refractivity contribution in [2.45, 2.75) is 13.3 Å². The maximum absolute atomic E-state index is 12.1. The minimum absolute atomic E-state index is 0.143. The summed E-state index contributed by atoms with van der Waals surface area (Å²) in [5.41, 5.74) is 1.16. The van der Waals surface area contributed by atoms with Crippen LogP contribution in [-0.4, -0.2) is 25.2 Å². The highest BCUT2D eigenvalue weighted by Gasteiger charge is 2.22. The van der Waals surface area contributed by atoms with Crippen molar-refractivity contribution in [3.8, 4) is 0 Å². The van der Waals surface area contributed by atoms with Gasteiger partial charge in [-0.05, 0) is 24.6 Å². The monoisotopic (exact) mass is 368 g/mol. The Labute approximate surface area is 145 Å². The van der Waals surface area contributed by atoms with Gasteiger partial charge < -0.3 is 10.6 Å². The van der Waals surface area contributed by atoms with Crippen LogP contribution in [0.25, 0.3) is 0 Å². The fourth-order valence-electron chi connectivity index (χ4n) is 1.81. The van der Waals surface area contributed by atoms with Gasteiger partial charge in [-0.25, -0.2) is 0 Å². The highest BCUT2D eigenvalue weighted by Crippen LogP contribution is 2.29. The third-order valence-electron chi connectivity index (χ3n) is 2.97. The normalized spacial score (nSPS) is 10.9. The molecule has 0 atom stereocenters. The molecule has 0 unspecified atom stereocenters. The van der Waals surface area contributed by atoms with Crippen LogP contribution in [0.2, 0.25) is 5.02 Å². The van der Waals surface area contributed by atoms with Crippen molar-refractivity contribution in [1.82, 2.24) is 10.3 Å². The first-order valence-corrected chi connectivity index (χ1v) is 9.06. The Hall–Kier alpha value is -2.32. The van der Waals surface area contributed by atoms with E-state index in [4.69, 9.17) is 11.6 Å². The summed E-state index contributed by atoms with van der Waals surface area (Å²) in [4.78, 5) is 15.6. The van der Waals surface area contributed by atoms with E-state index < -0.39 is 15.3 Å². The van der Waals surface area contributed by atoms with Crippen LogP contribution in [0.5, 0.6) is 0 Å². The molecule has 2 aromatic rings. The van der Waals surface area contributed by atoms with Gasteiger partial charge in [-0.2, -0.15) is 8.42 Å². The third-order valence-corrected chi connectivity index (χ3v) is 4.42. The Morgan fingerprint density at radius 3 is 2.62 bits per heavy atom. The van der Waals surface area contributed by atoms with Crippen molar-refractivity contribution in [1.29, 1.82) is 0 Å². The molecular weight excluding hydrogens is 352 g/mol. The van der Waals surface area contributed by atoms with E-state index in [0.29, 0.717) is 22.8 Å². The van der Waals surface area contributed by atoms with Crippen LogP contribution >= 0.6 is 11.6 Å². The van der Waals surface area contributed by atoms with Gasteiger partial charge in [-0.3, -0.25) is 14.5 Å². The van der Waals surface area contributed by atoms with Gasteiger partial charge in [-0.1, -0.05) is 30.7 Å². The van der Waals surface area contributed by atoms with E-state index >= 15 is 0 Å². The number of hydrogen-bond acceptors (Lipinski definition) is 5. The molecule has 0 aliphatic carbocycles. The average molecular weight is 369 g/mol. The smallest absolute Gasteiger partial charge is 0.353 e. The van der Waals surface area contributed by atoms with E-state index in [1.165, 1.54) is 12.4 Å². The molecule has 24 heavy (non-hydrogen) atoms. The summed E-state index contributed by atoms with van der Waals surface area (Å²) in [7, 11) is -4.22. The topological polar surface area (TPSA) is 100 Å². The first-order valence-electron chi connectivity index (χ1n) is 7.20. The summed E-state index contributed by atoms with van der Waals surface area (Å²) in [5, 5.41) is 4.72. The number of aromatic nitrogens is 1. The van der Waals surface area contributed by atoms with Crippen molar-refractivity contribution in [2.24, 2.45) is 0 Å². The number of nitrogens with one attached hydrogen (secondary N) is 3. The van der Waals surface area contributed by atoms with Crippen LogP contribution in [0.4, 0.5) is 21.9 Å². The predicted molar refractivity (Wildman–Crippen MR) is 95.2 cm³/mol. The molecular formula is C15H17ClN4O3S. The van der Waals surface area contributed by atoms with Crippen LogP contribution in [0, 0.1) is 0 Å². The number of amides is 1. The van der Waals surface area contributed by atoms with E-state index in [-0.39, 0.29) is 12.2 Å². The number of carbonyl (C=O) groups excluding carboxylic acids is 1. The average Bonchev–Trinajstić information content (AvgIpc) is 2.56. The third kappa shape index (κ3) is 4.59. The highest BCUT2D eigenvalue weighted by molar-refractivity contribution is 8.07. The Balaban J connectivity index is 2.23. The molecule has 0 radical (unpaired) electrons. The molecule has 7 nitrogen and oxygen atoms in total. The standard InChI is InChI=1S/C15H17ClN4O3S/c1-2-8-18-15(21)24(22,23)20-14-10-17-9-7-13(14)19-12-6-4-3-5-11(12)16/h3-7,9-10,20H,2,8H2,1H3,(H,17,19)(H,18,21). The molecule has 1 aromatic carbocycles. The molecule has 128 valence electrons. The van der Waals surface area contributed by atoms with Crippen LogP contribution in [0.3, 0.4) is 0 Å². The van der Waals surface area contributed by atoms with Gasteiger partial charge in [-0.15, -0.1) is 0 Å². The number of pyridine rings is 1. The Bertz CT molecular complexity index is 827. The highest BCUT2D eigenvalue weighted by atomic mass is 35.5. The quantitative estimate of drug-likeness (QED) is 0.726. The lowest BCUT2D eigenvalue weighted by molar-refractivity contribution is 0.258. The molecule has 0 fully saturated rings. The maximum Gasteiger partial charge on any atom is 0.357 e. The van der Waals surface area contributed by atoms with Crippen molar-refractivity contribution in [3.63, 3.8) is 0 Å². The van der Waals surface area contributed by atoms with Crippen molar-refractivity contribution in [3.05, 3.63) is 47.7 Å². The number of benzene rings is 1. The molecule has 1 heterocycles. The van der Waals surface area contributed by atoms with Gasteiger partial charge in [0.25, 0.3) is 0 Å². The van der Waals surface area contributed by atoms with Gasteiger partial charge in [0.2, 0.25) is 0 Å². The van der Waals surface area contributed by atoms with Crippen LogP contribution in [0.1, 0.15) is 13.3 Å². The molecule has 3 N–H and O–H groups in total. The minimum atomic E-state index is -4.22. The summed E-state index contributed by atoms with van der Waals surface area (Å²) in [6, 6.07) is 8.59. The molecule has 0 bridgehead atoms. The molecule has 9 heteroatoms. The first kappa shape index (κ1) is 18.0. The van der Waals surface area contributed by atoms with E-state index in [1.807, 2.05) is 6.92 Å². The summed E-state index contributed by atoms with van der Waals surface area (Å²) in [5.74, 6) is 0. The van der Waals surface area contributed by atoms with E-state index in [9.17, 15) is 13.2 Å². The first-order chi connectivity index (χ1) is 11.4. The minimum Gasteiger partial charge on any atom is -0.353 e. The van der Waals surface area contributed by atoms with Gasteiger partial charge >= 0.3 is 15.3 Å². The number of hydrogen-bond donors (Lipinski definition) is 3. The van der Waals surface area contributed by atoms with Crippen LogP contribution in [-0.2, 0) is 10.0 Å². The lowest BCUT2D eigenvalue weighted by atomic mass is 10.3. The fraction of sp³-hybridized carbons (Fsp3) is 0.200. The lowest BCUT2D eigenvalue weighted by Crippen LogP contribution is -2.34. The number of nitrogens with zero attached hydrogens (tertiary/aromatic N) is 1. The zero-order chi connectivity index (χ0) is 17.6. The van der Waals surface area contributed by atoms with Gasteiger partial charge in [0.15, 0.2) is 0 Å². The van der Waals surface area contributed by atoms with E-state index in [1.54, 1.807) is 30.3 Å².